The summed E-state index contributed by atoms with van der Waals surface area (Å²) < 4.78 is 10.0. The molecule has 3 rings (SSSR count). The first-order valence-electron chi connectivity index (χ1n) is 8.30. The van der Waals surface area contributed by atoms with Crippen molar-refractivity contribution < 1.29 is 23.9 Å². The van der Waals surface area contributed by atoms with Crippen LogP contribution in [0.15, 0.2) is 30.3 Å². The summed E-state index contributed by atoms with van der Waals surface area (Å²) in [7, 11) is 0. The van der Waals surface area contributed by atoms with Crippen LogP contribution in [0.4, 0.5) is 9.59 Å². The number of hydrogen-bond donors (Lipinski definition) is 2. The van der Waals surface area contributed by atoms with Gasteiger partial charge in [-0.2, -0.15) is 0 Å². The van der Waals surface area contributed by atoms with Crippen LogP contribution in [0, 0.1) is 0 Å². The lowest BCUT2D eigenvalue weighted by molar-refractivity contribution is -0.126. The predicted molar refractivity (Wildman–Crippen MR) is 87.8 cm³/mol. The Bertz CT molecular complexity index is 614. The monoisotopic (exact) mass is 347 g/mol. The molecule has 8 heteroatoms. The number of hydrogen-bond acceptors (Lipinski definition) is 5. The van der Waals surface area contributed by atoms with Gasteiger partial charge in [0, 0.05) is 19.3 Å². The van der Waals surface area contributed by atoms with Crippen molar-refractivity contribution in [1.82, 2.24) is 15.5 Å². The largest absolute Gasteiger partial charge is 0.439 e. The molecule has 2 aliphatic heterocycles. The van der Waals surface area contributed by atoms with Gasteiger partial charge in [-0.3, -0.25) is 4.79 Å². The molecule has 0 saturated carbocycles. The molecule has 2 heterocycles. The summed E-state index contributed by atoms with van der Waals surface area (Å²) in [6.45, 7) is 1.03. The average Bonchev–Trinajstić information content (AvgIpc) is 2.94. The Morgan fingerprint density at radius 2 is 1.92 bits per heavy atom. The van der Waals surface area contributed by atoms with E-state index in [0.717, 1.165) is 23.3 Å². The van der Waals surface area contributed by atoms with Gasteiger partial charge in [0.1, 0.15) is 0 Å². The van der Waals surface area contributed by atoms with Gasteiger partial charge in [-0.15, -0.1) is 0 Å². The second-order valence-electron chi connectivity index (χ2n) is 6.03. The van der Waals surface area contributed by atoms with E-state index in [1.165, 1.54) is 0 Å². The van der Waals surface area contributed by atoms with E-state index in [9.17, 15) is 14.4 Å². The molecular weight excluding hydrogens is 326 g/mol. The number of carbonyl (C=O) groups is 3. The highest BCUT2D eigenvalue weighted by Crippen LogP contribution is 2.17. The zero-order valence-electron chi connectivity index (χ0n) is 13.8. The summed E-state index contributed by atoms with van der Waals surface area (Å²) in [6, 6.07) is 8.42. The number of rotatable bonds is 5. The molecule has 2 fully saturated rings. The van der Waals surface area contributed by atoms with Crippen molar-refractivity contribution in [2.24, 2.45) is 0 Å². The number of nitrogens with zero attached hydrogens (tertiary/aromatic N) is 1. The molecule has 0 unspecified atom stereocenters. The van der Waals surface area contributed by atoms with E-state index in [4.69, 9.17) is 9.47 Å². The molecule has 134 valence electrons. The number of cyclic esters (lactones) is 1. The summed E-state index contributed by atoms with van der Waals surface area (Å²) in [5.74, 6) is -0.405. The zero-order chi connectivity index (χ0) is 17.6. The van der Waals surface area contributed by atoms with Crippen molar-refractivity contribution in [3.05, 3.63) is 35.9 Å². The van der Waals surface area contributed by atoms with Crippen LogP contribution in [0.1, 0.15) is 24.4 Å². The third-order valence-electron chi connectivity index (χ3n) is 4.27. The standard InChI is InChI=1S/C17H21N3O5/c21-15-11-25-17(23)20(15)10-14(12-4-2-1-3-5-12)19-16(22)18-13-6-8-24-9-7-13/h1-5,13-14H,6-11H2,(H2,18,19,22)/t14-/m0/s1. The lowest BCUT2D eigenvalue weighted by Crippen LogP contribution is -2.48. The first-order chi connectivity index (χ1) is 12.1. The first-order valence-corrected chi connectivity index (χ1v) is 8.30. The van der Waals surface area contributed by atoms with Crippen LogP contribution in [0.25, 0.3) is 0 Å². The van der Waals surface area contributed by atoms with Crippen LogP contribution in [0.5, 0.6) is 0 Å². The summed E-state index contributed by atoms with van der Waals surface area (Å²) in [6.07, 6.45) is 0.846. The Kier molecular flexibility index (Phi) is 5.49. The molecule has 0 spiro atoms. The van der Waals surface area contributed by atoms with Crippen LogP contribution in [-0.4, -0.2) is 55.3 Å². The zero-order valence-corrected chi connectivity index (χ0v) is 13.8. The minimum Gasteiger partial charge on any atom is -0.439 e. The van der Waals surface area contributed by atoms with Gasteiger partial charge in [0.15, 0.2) is 6.61 Å². The quantitative estimate of drug-likeness (QED) is 0.834. The summed E-state index contributed by atoms with van der Waals surface area (Å²) >= 11 is 0. The maximum absolute atomic E-state index is 12.3. The number of amides is 4. The van der Waals surface area contributed by atoms with E-state index in [1.54, 1.807) is 0 Å². The van der Waals surface area contributed by atoms with Crippen molar-refractivity contribution in [2.75, 3.05) is 26.4 Å². The van der Waals surface area contributed by atoms with Crippen LogP contribution in [0.3, 0.4) is 0 Å². The molecule has 25 heavy (non-hydrogen) atoms. The van der Waals surface area contributed by atoms with Crippen molar-refractivity contribution in [3.63, 3.8) is 0 Å². The predicted octanol–water partition coefficient (Wildman–Crippen LogP) is 1.18. The van der Waals surface area contributed by atoms with Gasteiger partial charge in [-0.25, -0.2) is 14.5 Å². The van der Waals surface area contributed by atoms with Crippen LogP contribution in [0.2, 0.25) is 0 Å². The van der Waals surface area contributed by atoms with Crippen molar-refractivity contribution >= 4 is 18.0 Å². The van der Waals surface area contributed by atoms with E-state index >= 15 is 0 Å². The Hall–Kier alpha value is -2.61. The van der Waals surface area contributed by atoms with E-state index in [2.05, 4.69) is 10.6 Å². The SMILES string of the molecule is O=C(NC1CCOCC1)N[C@@H](CN1C(=O)COC1=O)c1ccccc1. The number of nitrogens with one attached hydrogen (secondary N) is 2. The van der Waals surface area contributed by atoms with Gasteiger partial charge < -0.3 is 20.1 Å². The number of benzene rings is 1. The third-order valence-corrected chi connectivity index (χ3v) is 4.27. The molecular formula is C17H21N3O5. The van der Waals surface area contributed by atoms with Crippen molar-refractivity contribution in [2.45, 2.75) is 24.9 Å². The fourth-order valence-corrected chi connectivity index (χ4v) is 2.89. The molecule has 0 radical (unpaired) electrons. The number of imide groups is 1. The van der Waals surface area contributed by atoms with Gasteiger partial charge >= 0.3 is 12.1 Å². The van der Waals surface area contributed by atoms with Gasteiger partial charge in [0.2, 0.25) is 0 Å². The molecule has 1 aromatic carbocycles. The highest BCUT2D eigenvalue weighted by molar-refractivity contribution is 5.97. The van der Waals surface area contributed by atoms with Crippen LogP contribution < -0.4 is 10.6 Å². The highest BCUT2D eigenvalue weighted by Gasteiger charge is 2.34. The number of carbonyl (C=O) groups excluding carboxylic acids is 3. The topological polar surface area (TPSA) is 97.0 Å². The Balaban J connectivity index is 1.67. The number of ether oxygens (including phenoxy) is 2. The minimum absolute atomic E-state index is 0.0306. The molecule has 2 saturated heterocycles. The molecule has 0 aromatic heterocycles. The Labute approximate surface area is 145 Å². The Morgan fingerprint density at radius 3 is 2.56 bits per heavy atom. The maximum atomic E-state index is 12.3. The lowest BCUT2D eigenvalue weighted by Gasteiger charge is -2.26. The molecule has 1 atom stereocenters. The van der Waals surface area contributed by atoms with Crippen molar-refractivity contribution in [1.29, 1.82) is 0 Å². The molecule has 2 N–H and O–H groups in total. The smallest absolute Gasteiger partial charge is 0.417 e. The fourth-order valence-electron chi connectivity index (χ4n) is 2.89. The van der Waals surface area contributed by atoms with Gasteiger partial charge in [0.05, 0.1) is 12.6 Å². The lowest BCUT2D eigenvalue weighted by atomic mass is 10.1. The molecule has 4 amide bonds. The fraction of sp³-hybridized carbons (Fsp3) is 0.471. The van der Waals surface area contributed by atoms with Crippen LogP contribution >= 0.6 is 0 Å². The highest BCUT2D eigenvalue weighted by atomic mass is 16.6. The van der Waals surface area contributed by atoms with E-state index in [0.29, 0.717) is 13.2 Å². The van der Waals surface area contributed by atoms with E-state index in [-0.39, 0.29) is 25.2 Å². The Morgan fingerprint density at radius 1 is 1.20 bits per heavy atom. The molecule has 2 aliphatic rings. The van der Waals surface area contributed by atoms with Crippen LogP contribution in [-0.2, 0) is 14.3 Å². The molecule has 8 nitrogen and oxygen atoms in total. The van der Waals surface area contributed by atoms with Gasteiger partial charge in [0.25, 0.3) is 5.91 Å². The van der Waals surface area contributed by atoms with Gasteiger partial charge in [-0.1, -0.05) is 30.3 Å². The normalized spacial score (nSPS) is 19.4. The summed E-state index contributed by atoms with van der Waals surface area (Å²) in [4.78, 5) is 36.9. The molecule has 0 aliphatic carbocycles. The van der Waals surface area contributed by atoms with Crippen molar-refractivity contribution in [3.8, 4) is 0 Å². The summed E-state index contributed by atoms with van der Waals surface area (Å²) in [5, 5.41) is 5.77. The van der Waals surface area contributed by atoms with E-state index < -0.39 is 18.0 Å². The summed E-state index contributed by atoms with van der Waals surface area (Å²) in [5.41, 5.74) is 0.803. The second-order valence-corrected chi connectivity index (χ2v) is 6.03. The maximum Gasteiger partial charge on any atom is 0.417 e. The first kappa shape index (κ1) is 17.2. The van der Waals surface area contributed by atoms with E-state index in [1.807, 2.05) is 30.3 Å². The third kappa shape index (κ3) is 4.48. The second kappa shape index (κ2) is 7.98. The average molecular weight is 347 g/mol. The minimum atomic E-state index is -0.683. The van der Waals surface area contributed by atoms with Gasteiger partial charge in [-0.05, 0) is 18.4 Å². The molecule has 1 aromatic rings. The number of urea groups is 1. The molecule has 0 bridgehead atoms.